The van der Waals surface area contributed by atoms with Crippen LogP contribution in [0, 0.1) is 12.8 Å². The summed E-state index contributed by atoms with van der Waals surface area (Å²) < 4.78 is 21.3. The number of nitrogens with zero attached hydrogens (tertiary/aromatic N) is 5. The maximum Gasteiger partial charge on any atom is 0.228 e. The number of anilines is 1. The Kier molecular flexibility index (Phi) is 6.26. The normalized spacial score (nSPS) is 30.8. The number of hydrogen-bond acceptors (Lipinski definition) is 6. The molecule has 33 heavy (non-hydrogen) atoms. The molecule has 9 heteroatoms. The largest absolute Gasteiger partial charge is 0.381 e. The van der Waals surface area contributed by atoms with Gasteiger partial charge in [0.2, 0.25) is 5.91 Å². The summed E-state index contributed by atoms with van der Waals surface area (Å²) in [7, 11) is 1.58. The van der Waals surface area contributed by atoms with Crippen LogP contribution in [0.3, 0.4) is 0 Å². The molecule has 2 aliphatic heterocycles. The summed E-state index contributed by atoms with van der Waals surface area (Å²) in [6.45, 7) is 4.48. The molecule has 0 bridgehead atoms. The second-order valence-corrected chi connectivity index (χ2v) is 9.95. The smallest absolute Gasteiger partial charge is 0.228 e. The third kappa shape index (κ3) is 4.33. The van der Waals surface area contributed by atoms with Crippen molar-refractivity contribution in [3.8, 4) is 0 Å². The summed E-state index contributed by atoms with van der Waals surface area (Å²) in [5.41, 5.74) is 8.83. The Labute approximate surface area is 194 Å². The van der Waals surface area contributed by atoms with Gasteiger partial charge in [0.25, 0.3) is 0 Å². The van der Waals surface area contributed by atoms with E-state index in [0.717, 1.165) is 61.5 Å². The standard InChI is InChI=1S/C24H35FN6O2/c1-15-13-31-22(27-23(15)29-10-8-17(26)14-29)12-19(28-31)20-5-3-4-9-30(20)24(32)18-7-6-16(25)11-21(18)33-2/h12-13,16-18,20-21H,3-11,14,26H2,1-2H3/t16?,17-,18?,20-,21?/m0/s1. The summed E-state index contributed by atoms with van der Waals surface area (Å²) in [4.78, 5) is 22.7. The molecule has 0 aromatic carbocycles. The molecule has 2 saturated heterocycles. The molecule has 2 N–H and O–H groups in total. The lowest BCUT2D eigenvalue weighted by atomic mass is 9.83. The van der Waals surface area contributed by atoms with Crippen LogP contribution in [-0.4, -0.2) is 70.5 Å². The number of alkyl halides is 1. The highest BCUT2D eigenvalue weighted by Gasteiger charge is 2.40. The Hall–Kier alpha value is -2.26. The van der Waals surface area contributed by atoms with E-state index in [2.05, 4.69) is 11.8 Å². The van der Waals surface area contributed by atoms with Gasteiger partial charge in [-0.2, -0.15) is 5.10 Å². The van der Waals surface area contributed by atoms with Crippen LogP contribution in [0.4, 0.5) is 10.2 Å². The van der Waals surface area contributed by atoms with E-state index in [1.807, 2.05) is 21.7 Å². The molecule has 8 nitrogen and oxygen atoms in total. The summed E-state index contributed by atoms with van der Waals surface area (Å²) in [6, 6.07) is 2.12. The molecule has 1 amide bonds. The van der Waals surface area contributed by atoms with E-state index in [1.54, 1.807) is 7.11 Å². The molecule has 1 aliphatic carbocycles. The van der Waals surface area contributed by atoms with Crippen LogP contribution in [-0.2, 0) is 9.53 Å². The molecular weight excluding hydrogens is 423 g/mol. The zero-order chi connectivity index (χ0) is 23.1. The molecule has 0 radical (unpaired) electrons. The number of likely N-dealkylation sites (tertiary alicyclic amines) is 1. The van der Waals surface area contributed by atoms with Gasteiger partial charge in [-0.1, -0.05) is 0 Å². The number of ether oxygens (including phenoxy) is 1. The van der Waals surface area contributed by atoms with Crippen molar-refractivity contribution in [2.75, 3.05) is 31.6 Å². The van der Waals surface area contributed by atoms with Crippen LogP contribution in [0.15, 0.2) is 12.3 Å². The molecule has 2 aromatic rings. The van der Waals surface area contributed by atoms with E-state index >= 15 is 0 Å². The number of halogens is 1. The maximum atomic E-state index is 13.9. The number of aromatic nitrogens is 3. The molecule has 5 rings (SSSR count). The van der Waals surface area contributed by atoms with Crippen molar-refractivity contribution >= 4 is 17.4 Å². The van der Waals surface area contributed by atoms with Gasteiger partial charge in [-0.25, -0.2) is 13.9 Å². The van der Waals surface area contributed by atoms with Crippen LogP contribution >= 0.6 is 0 Å². The molecule has 0 spiro atoms. The topological polar surface area (TPSA) is 89.0 Å². The maximum absolute atomic E-state index is 13.9. The second kappa shape index (κ2) is 9.18. The molecule has 5 atom stereocenters. The van der Waals surface area contributed by atoms with Crippen LogP contribution in [0.5, 0.6) is 0 Å². The monoisotopic (exact) mass is 458 g/mol. The number of amides is 1. The van der Waals surface area contributed by atoms with E-state index in [-0.39, 0.29) is 30.0 Å². The molecule has 3 unspecified atom stereocenters. The summed E-state index contributed by atoms with van der Waals surface area (Å²) in [5.74, 6) is 0.752. The number of piperidine rings is 1. The van der Waals surface area contributed by atoms with Crippen LogP contribution < -0.4 is 10.6 Å². The Morgan fingerprint density at radius 3 is 2.82 bits per heavy atom. The van der Waals surface area contributed by atoms with Crippen molar-refractivity contribution in [3.05, 3.63) is 23.5 Å². The Morgan fingerprint density at radius 2 is 2.06 bits per heavy atom. The Morgan fingerprint density at radius 1 is 1.21 bits per heavy atom. The van der Waals surface area contributed by atoms with E-state index in [1.165, 1.54) is 0 Å². The number of fused-ring (bicyclic) bond motifs is 1. The first-order valence-corrected chi connectivity index (χ1v) is 12.3. The van der Waals surface area contributed by atoms with Crippen molar-refractivity contribution in [3.63, 3.8) is 0 Å². The molecular formula is C24H35FN6O2. The van der Waals surface area contributed by atoms with Crippen LogP contribution in [0.25, 0.3) is 5.65 Å². The first-order chi connectivity index (χ1) is 15.9. The third-order valence-electron chi connectivity index (χ3n) is 7.62. The zero-order valence-electron chi connectivity index (χ0n) is 19.6. The second-order valence-electron chi connectivity index (χ2n) is 9.95. The van der Waals surface area contributed by atoms with Gasteiger partial charge in [-0.3, -0.25) is 4.79 Å². The van der Waals surface area contributed by atoms with E-state index < -0.39 is 6.17 Å². The van der Waals surface area contributed by atoms with Crippen molar-refractivity contribution in [1.82, 2.24) is 19.5 Å². The lowest BCUT2D eigenvalue weighted by Gasteiger charge is -2.40. The minimum absolute atomic E-state index is 0.0754. The lowest BCUT2D eigenvalue weighted by Crippen LogP contribution is -2.47. The van der Waals surface area contributed by atoms with Gasteiger partial charge in [0.05, 0.1) is 23.8 Å². The van der Waals surface area contributed by atoms with Gasteiger partial charge in [-0.15, -0.1) is 0 Å². The van der Waals surface area contributed by atoms with Crippen LogP contribution in [0.2, 0.25) is 0 Å². The molecule has 180 valence electrons. The predicted octanol–water partition coefficient (Wildman–Crippen LogP) is 2.78. The minimum atomic E-state index is -0.886. The fourth-order valence-corrected chi connectivity index (χ4v) is 5.82. The van der Waals surface area contributed by atoms with Crippen molar-refractivity contribution in [2.45, 2.75) is 76.2 Å². The number of aryl methyl sites for hydroxylation is 1. The third-order valence-corrected chi connectivity index (χ3v) is 7.62. The van der Waals surface area contributed by atoms with Gasteiger partial charge in [0.15, 0.2) is 5.65 Å². The number of carbonyl (C=O) groups excluding carboxylic acids is 1. The number of hydrogen-bond donors (Lipinski definition) is 1. The SMILES string of the molecule is COC1CC(F)CCC1C(=O)N1CCCC[C@H]1c1cc2nc(N3CC[C@H](N)C3)c(C)cn2n1. The van der Waals surface area contributed by atoms with Gasteiger partial charge in [-0.05, 0) is 45.4 Å². The first kappa shape index (κ1) is 22.5. The average Bonchev–Trinajstić information content (AvgIpc) is 3.43. The highest BCUT2D eigenvalue weighted by atomic mass is 19.1. The quantitative estimate of drug-likeness (QED) is 0.758. The predicted molar refractivity (Wildman–Crippen MR) is 124 cm³/mol. The van der Waals surface area contributed by atoms with Crippen LogP contribution in [0.1, 0.15) is 62.2 Å². The molecule has 4 heterocycles. The number of nitrogens with two attached hydrogens (primary N) is 1. The molecule has 1 saturated carbocycles. The number of rotatable bonds is 4. The fourth-order valence-electron chi connectivity index (χ4n) is 5.82. The summed E-state index contributed by atoms with van der Waals surface area (Å²) in [5, 5.41) is 4.83. The van der Waals surface area contributed by atoms with Crippen molar-refractivity contribution in [1.29, 1.82) is 0 Å². The lowest BCUT2D eigenvalue weighted by molar-refractivity contribution is -0.147. The Balaban J connectivity index is 1.41. The van der Waals surface area contributed by atoms with Gasteiger partial charge in [0.1, 0.15) is 12.0 Å². The van der Waals surface area contributed by atoms with E-state index in [9.17, 15) is 9.18 Å². The van der Waals surface area contributed by atoms with Crippen molar-refractivity contribution < 1.29 is 13.9 Å². The van der Waals surface area contributed by atoms with Gasteiger partial charge in [0, 0.05) is 57.0 Å². The summed E-state index contributed by atoms with van der Waals surface area (Å²) in [6.07, 6.45) is 5.91. The minimum Gasteiger partial charge on any atom is -0.381 e. The van der Waals surface area contributed by atoms with Gasteiger partial charge < -0.3 is 20.3 Å². The molecule has 2 aromatic heterocycles. The summed E-state index contributed by atoms with van der Waals surface area (Å²) >= 11 is 0. The van der Waals surface area contributed by atoms with E-state index in [4.69, 9.17) is 20.6 Å². The average molecular weight is 459 g/mol. The fraction of sp³-hybridized carbons (Fsp3) is 0.708. The van der Waals surface area contributed by atoms with Crippen molar-refractivity contribution in [2.24, 2.45) is 11.7 Å². The molecule has 3 aliphatic rings. The van der Waals surface area contributed by atoms with Gasteiger partial charge >= 0.3 is 0 Å². The number of carbonyl (C=O) groups is 1. The highest BCUT2D eigenvalue weighted by Crippen LogP contribution is 2.36. The zero-order valence-corrected chi connectivity index (χ0v) is 19.6. The first-order valence-electron chi connectivity index (χ1n) is 12.3. The molecule has 3 fully saturated rings. The Bertz CT molecular complexity index is 1010. The highest BCUT2D eigenvalue weighted by molar-refractivity contribution is 5.80. The number of methoxy groups -OCH3 is 1. The van der Waals surface area contributed by atoms with E-state index in [0.29, 0.717) is 25.8 Å².